The average molecular weight is 489 g/mol. The number of benzene rings is 1. The van der Waals surface area contributed by atoms with Crippen LogP contribution in [0.25, 0.3) is 5.83 Å². The Kier molecular flexibility index (Phi) is 8.00. The minimum Gasteiger partial charge on any atom is -0.373 e. The maximum Gasteiger partial charge on any atom is 0.412 e. The summed E-state index contributed by atoms with van der Waals surface area (Å²) < 4.78 is 85.5. The highest BCUT2D eigenvalue weighted by molar-refractivity contribution is 5.61. The molecule has 0 radical (unpaired) electrons. The van der Waals surface area contributed by atoms with Crippen molar-refractivity contribution in [3.63, 3.8) is 0 Å². The SMILES string of the molecule is CC1CCC(C2CCC(C3CCC(c4cc(F)c(/C(F)=C/C(F)(F)F)c(F)c4)OC3)CC2)CC1. The molecule has 0 amide bonds. The molecule has 1 nitrogen and oxygen atoms in total. The van der Waals surface area contributed by atoms with Crippen LogP contribution >= 0.6 is 0 Å². The third-order valence-corrected chi connectivity index (χ3v) is 8.49. The Hall–Kier alpha value is -1.50. The second-order valence-corrected chi connectivity index (χ2v) is 10.7. The van der Waals surface area contributed by atoms with Crippen molar-refractivity contribution in [1.82, 2.24) is 0 Å². The summed E-state index contributed by atoms with van der Waals surface area (Å²) in [6, 6.07) is 1.78. The Labute approximate surface area is 197 Å². The fourth-order valence-corrected chi connectivity index (χ4v) is 6.47. The predicted molar refractivity (Wildman–Crippen MR) is 119 cm³/mol. The van der Waals surface area contributed by atoms with Gasteiger partial charge in [-0.25, -0.2) is 13.2 Å². The van der Waals surface area contributed by atoms with E-state index in [0.717, 1.165) is 36.3 Å². The van der Waals surface area contributed by atoms with Crippen molar-refractivity contribution < 1.29 is 31.1 Å². The molecule has 7 heteroatoms. The van der Waals surface area contributed by atoms with E-state index in [1.54, 1.807) is 0 Å². The van der Waals surface area contributed by atoms with Crippen LogP contribution < -0.4 is 0 Å². The summed E-state index contributed by atoms with van der Waals surface area (Å²) in [6.07, 6.45) is 5.61. The second-order valence-electron chi connectivity index (χ2n) is 10.7. The Morgan fingerprint density at radius 2 is 1.26 bits per heavy atom. The molecule has 34 heavy (non-hydrogen) atoms. The summed E-state index contributed by atoms with van der Waals surface area (Å²) in [7, 11) is 0. The van der Waals surface area contributed by atoms with Crippen molar-refractivity contribution in [2.24, 2.45) is 29.6 Å². The lowest BCUT2D eigenvalue weighted by atomic mass is 9.67. The van der Waals surface area contributed by atoms with Gasteiger partial charge in [0.1, 0.15) is 17.5 Å². The van der Waals surface area contributed by atoms with Crippen molar-refractivity contribution in [2.45, 2.75) is 83.4 Å². The first kappa shape index (κ1) is 25.6. The van der Waals surface area contributed by atoms with E-state index in [1.165, 1.54) is 51.4 Å². The van der Waals surface area contributed by atoms with Gasteiger partial charge in [0.2, 0.25) is 0 Å². The average Bonchev–Trinajstić information content (AvgIpc) is 2.78. The number of hydrogen-bond donors (Lipinski definition) is 0. The minimum atomic E-state index is -5.00. The minimum absolute atomic E-state index is 0.201. The molecule has 0 N–H and O–H groups in total. The van der Waals surface area contributed by atoms with Gasteiger partial charge in [-0.3, -0.25) is 0 Å². The summed E-state index contributed by atoms with van der Waals surface area (Å²) in [4.78, 5) is 0. The summed E-state index contributed by atoms with van der Waals surface area (Å²) in [5.74, 6) is -1.05. The smallest absolute Gasteiger partial charge is 0.373 e. The van der Waals surface area contributed by atoms with Crippen LogP contribution in [-0.2, 0) is 4.74 Å². The van der Waals surface area contributed by atoms with Gasteiger partial charge in [-0.1, -0.05) is 19.8 Å². The first-order valence-corrected chi connectivity index (χ1v) is 12.7. The van der Waals surface area contributed by atoms with Crippen LogP contribution in [0.2, 0.25) is 0 Å². The van der Waals surface area contributed by atoms with Gasteiger partial charge < -0.3 is 4.74 Å². The maximum absolute atomic E-state index is 14.3. The zero-order valence-electron chi connectivity index (χ0n) is 19.7. The Balaban J connectivity index is 1.31. The highest BCUT2D eigenvalue weighted by atomic mass is 19.4. The molecule has 2 aliphatic carbocycles. The third-order valence-electron chi connectivity index (χ3n) is 8.49. The lowest BCUT2D eigenvalue weighted by Gasteiger charge is -2.41. The van der Waals surface area contributed by atoms with Crippen molar-refractivity contribution in [2.75, 3.05) is 6.61 Å². The van der Waals surface area contributed by atoms with Gasteiger partial charge in [-0.05, 0) is 98.7 Å². The molecule has 2 unspecified atom stereocenters. The molecule has 3 fully saturated rings. The summed E-state index contributed by atoms with van der Waals surface area (Å²) in [5.41, 5.74) is -1.09. The Morgan fingerprint density at radius 1 is 0.794 bits per heavy atom. The number of ether oxygens (including phenoxy) is 1. The van der Waals surface area contributed by atoms with E-state index in [2.05, 4.69) is 6.92 Å². The van der Waals surface area contributed by atoms with Crippen molar-refractivity contribution in [3.8, 4) is 0 Å². The van der Waals surface area contributed by atoms with Gasteiger partial charge >= 0.3 is 6.18 Å². The van der Waals surface area contributed by atoms with E-state index in [0.29, 0.717) is 24.9 Å². The van der Waals surface area contributed by atoms with Gasteiger partial charge in [0.05, 0.1) is 24.4 Å². The number of halogens is 6. The molecule has 0 bridgehead atoms. The topological polar surface area (TPSA) is 9.23 Å². The summed E-state index contributed by atoms with van der Waals surface area (Å²) in [6.45, 7) is 2.86. The first-order chi connectivity index (χ1) is 16.1. The van der Waals surface area contributed by atoms with E-state index in [-0.39, 0.29) is 5.56 Å². The number of allylic oxidation sites excluding steroid dienone is 1. The van der Waals surface area contributed by atoms with Gasteiger partial charge in [-0.15, -0.1) is 0 Å². The van der Waals surface area contributed by atoms with Gasteiger partial charge in [0.25, 0.3) is 0 Å². The van der Waals surface area contributed by atoms with Crippen LogP contribution in [0.5, 0.6) is 0 Å². The molecule has 1 heterocycles. The van der Waals surface area contributed by atoms with Crippen LogP contribution in [0.4, 0.5) is 26.3 Å². The van der Waals surface area contributed by atoms with Gasteiger partial charge in [0, 0.05) is 0 Å². The number of rotatable bonds is 4. The van der Waals surface area contributed by atoms with E-state index in [4.69, 9.17) is 4.74 Å². The Morgan fingerprint density at radius 3 is 1.74 bits per heavy atom. The lowest BCUT2D eigenvalue weighted by molar-refractivity contribution is -0.0798. The molecule has 1 aromatic rings. The second kappa shape index (κ2) is 10.6. The maximum atomic E-state index is 14.3. The van der Waals surface area contributed by atoms with Crippen molar-refractivity contribution >= 4 is 5.83 Å². The molecule has 4 rings (SSSR count). The van der Waals surface area contributed by atoms with Crippen LogP contribution in [0.3, 0.4) is 0 Å². The summed E-state index contributed by atoms with van der Waals surface area (Å²) >= 11 is 0. The highest BCUT2D eigenvalue weighted by Crippen LogP contribution is 2.45. The highest BCUT2D eigenvalue weighted by Gasteiger charge is 2.35. The van der Waals surface area contributed by atoms with E-state index in [9.17, 15) is 26.3 Å². The molecule has 3 aliphatic rings. The monoisotopic (exact) mass is 488 g/mol. The molecular weight excluding hydrogens is 454 g/mol. The Bertz CT molecular complexity index is 831. The third kappa shape index (κ3) is 6.19. The molecule has 0 spiro atoms. The molecule has 190 valence electrons. The van der Waals surface area contributed by atoms with E-state index in [1.807, 2.05) is 0 Å². The summed E-state index contributed by atoms with van der Waals surface area (Å²) in [5, 5.41) is 0. The standard InChI is InChI=1S/C27H34F6O/c1-16-2-4-17(5-3-16)18-6-8-19(9-7-18)20-10-11-25(34-15-20)21-12-22(28)26(23(29)13-21)24(30)14-27(31,32)33/h12-14,16-20,25H,2-11,15H2,1H3/b24-14-. The van der Waals surface area contributed by atoms with Crippen molar-refractivity contribution in [1.29, 1.82) is 0 Å². The quantitative estimate of drug-likeness (QED) is 0.385. The largest absolute Gasteiger partial charge is 0.412 e. The fourth-order valence-electron chi connectivity index (χ4n) is 6.47. The van der Waals surface area contributed by atoms with Crippen LogP contribution in [0.15, 0.2) is 18.2 Å². The molecule has 1 aromatic carbocycles. The lowest BCUT2D eigenvalue weighted by Crippen LogP contribution is -2.32. The molecule has 1 aliphatic heterocycles. The van der Waals surface area contributed by atoms with Gasteiger partial charge in [-0.2, -0.15) is 13.2 Å². The zero-order valence-corrected chi connectivity index (χ0v) is 19.7. The first-order valence-electron chi connectivity index (χ1n) is 12.7. The van der Waals surface area contributed by atoms with Crippen LogP contribution in [0, 0.1) is 41.2 Å². The zero-order chi connectivity index (χ0) is 24.5. The molecular formula is C27H34F6O. The van der Waals surface area contributed by atoms with Crippen LogP contribution in [-0.4, -0.2) is 12.8 Å². The predicted octanol–water partition coefficient (Wildman–Crippen LogP) is 8.94. The van der Waals surface area contributed by atoms with Gasteiger partial charge in [0.15, 0.2) is 0 Å². The molecule has 0 aromatic heterocycles. The van der Waals surface area contributed by atoms with Crippen LogP contribution in [0.1, 0.15) is 88.4 Å². The van der Waals surface area contributed by atoms with E-state index >= 15 is 0 Å². The number of hydrogen-bond acceptors (Lipinski definition) is 1. The fraction of sp³-hybridized carbons (Fsp3) is 0.704. The normalized spacial score (nSPS) is 33.7. The number of alkyl halides is 3. The molecule has 2 atom stereocenters. The molecule has 1 saturated heterocycles. The van der Waals surface area contributed by atoms with E-state index < -0.39 is 41.4 Å². The molecule has 2 saturated carbocycles. The van der Waals surface area contributed by atoms with Crippen molar-refractivity contribution in [3.05, 3.63) is 41.0 Å².